The summed E-state index contributed by atoms with van der Waals surface area (Å²) < 4.78 is 32.0. The summed E-state index contributed by atoms with van der Waals surface area (Å²) in [4.78, 5) is 0. The molecular formula is C2H2BF3K. The van der Waals surface area contributed by atoms with Crippen molar-refractivity contribution in [3.63, 3.8) is 0 Å². The van der Waals surface area contributed by atoms with Crippen molar-refractivity contribution in [2.75, 3.05) is 0 Å². The first-order valence-corrected chi connectivity index (χ1v) is 1.32. The Hall–Kier alpha value is 1.23. The zero-order valence-corrected chi connectivity index (χ0v) is 6.99. The molecule has 0 spiro atoms. The Bertz CT molecular complexity index is 54.9. The molecule has 0 aromatic carbocycles. The van der Waals surface area contributed by atoms with Crippen molar-refractivity contribution in [2.45, 2.75) is 0 Å². The molecule has 0 unspecified atom stereocenters. The van der Waals surface area contributed by atoms with Gasteiger partial charge in [-0.25, -0.2) is 4.39 Å². The Labute approximate surface area is 82.8 Å². The normalized spacial score (nSPS) is 8.43. The number of hydrogen-bond donors (Lipinski definition) is 0. The van der Waals surface area contributed by atoms with Crippen molar-refractivity contribution in [2.24, 2.45) is 0 Å². The predicted octanol–water partition coefficient (Wildman–Crippen LogP) is 1.06. The van der Waals surface area contributed by atoms with Crippen LogP contribution in [0.2, 0.25) is 0 Å². The fraction of sp³-hybridized carbons (Fsp3) is 0. The zero-order valence-electron chi connectivity index (χ0n) is 3.87. The molecule has 0 aliphatic carbocycles. The first-order valence-electron chi connectivity index (χ1n) is 1.32. The van der Waals surface area contributed by atoms with Gasteiger partial charge in [0, 0.05) is 51.4 Å². The van der Waals surface area contributed by atoms with E-state index in [1.807, 2.05) is 0 Å². The molecule has 0 atom stereocenters. The van der Waals surface area contributed by atoms with E-state index < -0.39 is 7.27 Å². The molecular weight excluding hydrogens is 131 g/mol. The molecule has 5 heteroatoms. The van der Waals surface area contributed by atoms with E-state index in [-0.39, 0.29) is 63.7 Å². The van der Waals surface area contributed by atoms with E-state index in [4.69, 9.17) is 0 Å². The summed E-state index contributed by atoms with van der Waals surface area (Å²) in [6.45, 7) is 0. The molecule has 0 saturated heterocycles. The van der Waals surface area contributed by atoms with E-state index in [0.717, 1.165) is 0 Å². The summed E-state index contributed by atoms with van der Waals surface area (Å²) in [6, 6.07) is 0. The van der Waals surface area contributed by atoms with Gasteiger partial charge in [-0.15, -0.1) is 0 Å². The van der Waals surface area contributed by atoms with Crippen LogP contribution in [0.1, 0.15) is 0 Å². The maximum Gasteiger partial charge on any atom is 0.567 e. The van der Waals surface area contributed by atoms with Crippen molar-refractivity contribution in [1.82, 2.24) is 0 Å². The van der Waals surface area contributed by atoms with Crippen LogP contribution in [-0.2, 0) is 0 Å². The third-order valence-electron chi connectivity index (χ3n) is 0.218. The third kappa shape index (κ3) is 11.1. The van der Waals surface area contributed by atoms with Crippen LogP contribution in [0, 0.1) is 0 Å². The molecule has 0 fully saturated rings. The van der Waals surface area contributed by atoms with Crippen LogP contribution in [0.15, 0.2) is 12.3 Å². The summed E-state index contributed by atoms with van der Waals surface area (Å²) in [5.74, 6) is 0.167. The summed E-state index contributed by atoms with van der Waals surface area (Å²) in [5.41, 5.74) is 0. The van der Waals surface area contributed by atoms with Gasteiger partial charge in [-0.05, 0) is 5.98 Å². The van der Waals surface area contributed by atoms with E-state index >= 15 is 0 Å². The molecule has 1 radical (unpaired) electrons. The monoisotopic (exact) mass is 133 g/mol. The van der Waals surface area contributed by atoms with E-state index in [2.05, 4.69) is 0 Å². The maximum absolute atomic E-state index is 10.7. The standard InChI is InChI=1S/C2H2BF3.K/c4-2-1-3(5)6;/h1-2H;. The molecule has 7 heavy (non-hydrogen) atoms. The molecule has 0 heterocycles. The Balaban J connectivity index is 0. The number of halogens is 3. The molecule has 0 amide bonds. The molecule has 0 aliphatic rings. The second kappa shape index (κ2) is 7.23. The van der Waals surface area contributed by atoms with Gasteiger partial charge in [0.25, 0.3) is 0 Å². The van der Waals surface area contributed by atoms with Crippen LogP contribution in [-0.4, -0.2) is 58.7 Å². The molecule has 35 valence electrons. The molecule has 0 saturated carbocycles. The SMILES string of the molecule is FC=CB(F)F.[K]. The van der Waals surface area contributed by atoms with Crippen LogP contribution in [0.4, 0.5) is 13.0 Å². The average molecular weight is 133 g/mol. The topological polar surface area (TPSA) is 0 Å². The Morgan fingerprint density at radius 2 is 1.71 bits per heavy atom. The van der Waals surface area contributed by atoms with Crippen LogP contribution in [0.3, 0.4) is 0 Å². The Morgan fingerprint density at radius 3 is 1.71 bits per heavy atom. The van der Waals surface area contributed by atoms with E-state index in [9.17, 15) is 13.0 Å². The van der Waals surface area contributed by atoms with Gasteiger partial charge in [0.1, 0.15) is 0 Å². The first kappa shape index (κ1) is 11.1. The molecule has 0 bridgehead atoms. The maximum atomic E-state index is 10.7. The number of hydrogen-bond acceptors (Lipinski definition) is 0. The molecule has 0 aromatic rings. The van der Waals surface area contributed by atoms with E-state index in [0.29, 0.717) is 0 Å². The van der Waals surface area contributed by atoms with E-state index in [1.165, 1.54) is 0 Å². The van der Waals surface area contributed by atoms with Crippen molar-refractivity contribution in [3.05, 3.63) is 12.3 Å². The van der Waals surface area contributed by atoms with Crippen LogP contribution >= 0.6 is 0 Å². The Morgan fingerprint density at radius 1 is 1.29 bits per heavy atom. The summed E-state index contributed by atoms with van der Waals surface area (Å²) in [5, 5.41) is 0. The second-order valence-electron chi connectivity index (χ2n) is 0.653. The largest absolute Gasteiger partial charge is 0.567 e. The summed E-state index contributed by atoms with van der Waals surface area (Å²) in [6.07, 6.45) is -0.176. The van der Waals surface area contributed by atoms with Gasteiger partial charge in [-0.2, -0.15) is 0 Å². The van der Waals surface area contributed by atoms with Crippen molar-refractivity contribution in [1.29, 1.82) is 0 Å². The van der Waals surface area contributed by atoms with Gasteiger partial charge >= 0.3 is 7.27 Å². The average Bonchev–Trinajstić information content (AvgIpc) is 1.35. The van der Waals surface area contributed by atoms with Crippen molar-refractivity contribution < 1.29 is 13.0 Å². The van der Waals surface area contributed by atoms with Gasteiger partial charge in [-0.1, -0.05) is 0 Å². The molecule has 0 nitrogen and oxygen atoms in total. The van der Waals surface area contributed by atoms with Gasteiger partial charge in [0.2, 0.25) is 0 Å². The van der Waals surface area contributed by atoms with Gasteiger partial charge < -0.3 is 0 Å². The third-order valence-corrected chi connectivity index (χ3v) is 0.218. The minimum Gasteiger partial charge on any atom is -0.282 e. The first-order chi connectivity index (χ1) is 2.77. The second-order valence-corrected chi connectivity index (χ2v) is 0.653. The summed E-state index contributed by atoms with van der Waals surface area (Å²) >= 11 is 0. The van der Waals surface area contributed by atoms with Gasteiger partial charge in [-0.3, -0.25) is 8.63 Å². The number of rotatable bonds is 1. The molecule has 0 aliphatic heterocycles. The minimum atomic E-state index is -2.66. The fourth-order valence-corrected chi connectivity index (χ4v) is 0.0550. The smallest absolute Gasteiger partial charge is 0.282 e. The van der Waals surface area contributed by atoms with Crippen molar-refractivity contribution >= 4 is 58.7 Å². The Kier molecular flexibility index (Phi) is 11.5. The quantitative estimate of drug-likeness (QED) is 0.469. The predicted molar refractivity (Wildman–Crippen MR) is 24.0 cm³/mol. The van der Waals surface area contributed by atoms with Crippen LogP contribution < -0.4 is 0 Å². The minimum absolute atomic E-state index is 0. The van der Waals surface area contributed by atoms with Gasteiger partial charge in [0.05, 0.1) is 6.33 Å². The fourth-order valence-electron chi connectivity index (χ4n) is 0.0550. The van der Waals surface area contributed by atoms with Crippen LogP contribution in [0.5, 0.6) is 0 Å². The molecule has 0 aromatic heterocycles. The molecule has 0 N–H and O–H groups in total. The van der Waals surface area contributed by atoms with Gasteiger partial charge in [0.15, 0.2) is 0 Å². The molecule has 0 rings (SSSR count). The van der Waals surface area contributed by atoms with Crippen molar-refractivity contribution in [3.8, 4) is 0 Å². The zero-order chi connectivity index (χ0) is 4.99. The summed E-state index contributed by atoms with van der Waals surface area (Å²) in [7, 11) is -2.66. The van der Waals surface area contributed by atoms with Crippen LogP contribution in [0.25, 0.3) is 0 Å². The van der Waals surface area contributed by atoms with E-state index in [1.54, 1.807) is 0 Å².